The molecule has 0 amide bonds. The van der Waals surface area contributed by atoms with Gasteiger partial charge in [-0.25, -0.2) is 0 Å². The molecule has 0 saturated heterocycles. The first-order valence-corrected chi connectivity index (χ1v) is 3.61. The first-order valence-electron chi connectivity index (χ1n) is 3.61. The van der Waals surface area contributed by atoms with Crippen LogP contribution in [0.2, 0.25) is 0 Å². The molecule has 0 radical (unpaired) electrons. The predicted octanol–water partition coefficient (Wildman–Crippen LogP) is 0.708. The van der Waals surface area contributed by atoms with Gasteiger partial charge in [-0.05, 0) is 0 Å². The average Bonchev–Trinajstić information content (AvgIpc) is 2.17. The number of nitro groups is 2. The molecule has 0 bridgehead atoms. The van der Waals surface area contributed by atoms with Gasteiger partial charge < -0.3 is 5.21 Å². The molecule has 0 spiro atoms. The number of hydrogen-bond donors (Lipinski definition) is 1. The number of oxime groups is 1. The van der Waals surface area contributed by atoms with Crippen LogP contribution in [-0.2, 0) is 0 Å². The first kappa shape index (κ1) is 10.6. The molecule has 0 unspecified atom stereocenters. The maximum absolute atomic E-state index is 10.5. The summed E-state index contributed by atoms with van der Waals surface area (Å²) in [6.07, 6.45) is 1.80. The maximum atomic E-state index is 10.5. The Morgan fingerprint density at radius 1 is 1.20 bits per heavy atom. The molecule has 0 atom stereocenters. The molecular formula is C7H5N3O5. The predicted molar refractivity (Wildman–Crippen MR) is 48.5 cm³/mol. The standard InChI is InChI=1S/C7H5N3O5/c1-4-6(9(12)13)2-5(8-11)3-7(4)10(14)15/h2-3,11H,1H2. The van der Waals surface area contributed by atoms with Crippen LogP contribution < -0.4 is 0 Å². The fraction of sp³-hybridized carbons (Fsp3) is 0. The van der Waals surface area contributed by atoms with Gasteiger partial charge in [-0.1, -0.05) is 11.7 Å². The Balaban J connectivity index is 3.28. The summed E-state index contributed by atoms with van der Waals surface area (Å²) in [4.78, 5) is 19.3. The minimum absolute atomic E-state index is 0.263. The van der Waals surface area contributed by atoms with Crippen LogP contribution in [0.15, 0.2) is 40.9 Å². The molecule has 1 aliphatic carbocycles. The van der Waals surface area contributed by atoms with Gasteiger partial charge in [0.25, 0.3) is 11.4 Å². The Morgan fingerprint density at radius 2 is 1.60 bits per heavy atom. The third-order valence-corrected chi connectivity index (χ3v) is 1.70. The molecule has 78 valence electrons. The zero-order valence-electron chi connectivity index (χ0n) is 7.28. The third kappa shape index (κ3) is 1.88. The minimum atomic E-state index is -0.829. The van der Waals surface area contributed by atoms with E-state index in [9.17, 15) is 20.2 Å². The van der Waals surface area contributed by atoms with E-state index in [0.29, 0.717) is 0 Å². The van der Waals surface area contributed by atoms with E-state index >= 15 is 0 Å². The van der Waals surface area contributed by atoms with Crippen LogP contribution in [0.1, 0.15) is 0 Å². The summed E-state index contributed by atoms with van der Waals surface area (Å²) in [7, 11) is 0. The lowest BCUT2D eigenvalue weighted by molar-refractivity contribution is -0.437. The summed E-state index contributed by atoms with van der Waals surface area (Å²) < 4.78 is 0. The van der Waals surface area contributed by atoms with Crippen molar-refractivity contribution in [3.8, 4) is 0 Å². The highest BCUT2D eigenvalue weighted by molar-refractivity contribution is 6.06. The van der Waals surface area contributed by atoms with Crippen molar-refractivity contribution in [2.24, 2.45) is 5.16 Å². The van der Waals surface area contributed by atoms with Crippen LogP contribution in [0.5, 0.6) is 0 Å². The van der Waals surface area contributed by atoms with Gasteiger partial charge in [-0.15, -0.1) is 0 Å². The second-order valence-electron chi connectivity index (χ2n) is 2.58. The van der Waals surface area contributed by atoms with Crippen LogP contribution in [0, 0.1) is 20.2 Å². The Hall–Kier alpha value is -2.51. The molecule has 0 heterocycles. The van der Waals surface area contributed by atoms with Gasteiger partial charge in [0.1, 0.15) is 11.3 Å². The van der Waals surface area contributed by atoms with Crippen molar-refractivity contribution in [1.82, 2.24) is 0 Å². The number of hydrogen-bond acceptors (Lipinski definition) is 6. The molecule has 8 heteroatoms. The number of allylic oxidation sites excluding steroid dienone is 2. The summed E-state index contributed by atoms with van der Waals surface area (Å²) in [5.41, 5.74) is -1.70. The maximum Gasteiger partial charge on any atom is 0.285 e. The Morgan fingerprint density at radius 3 is 1.87 bits per heavy atom. The second-order valence-corrected chi connectivity index (χ2v) is 2.58. The summed E-state index contributed by atoms with van der Waals surface area (Å²) in [5.74, 6) is 0. The SMILES string of the molecule is C=C1C([N+](=O)[O-])=CC(=NO)C=C1[N+](=O)[O-]. The highest BCUT2D eigenvalue weighted by Gasteiger charge is 2.31. The number of nitrogens with zero attached hydrogens (tertiary/aromatic N) is 3. The van der Waals surface area contributed by atoms with Crippen molar-refractivity contribution in [3.05, 3.63) is 55.9 Å². The Labute approximate surface area is 82.8 Å². The topological polar surface area (TPSA) is 119 Å². The van der Waals surface area contributed by atoms with Crippen molar-refractivity contribution in [2.75, 3.05) is 0 Å². The van der Waals surface area contributed by atoms with E-state index in [1.165, 1.54) is 0 Å². The van der Waals surface area contributed by atoms with Gasteiger partial charge in [-0.2, -0.15) is 0 Å². The van der Waals surface area contributed by atoms with Crippen LogP contribution >= 0.6 is 0 Å². The van der Waals surface area contributed by atoms with Gasteiger partial charge in [0.05, 0.1) is 9.85 Å². The van der Waals surface area contributed by atoms with E-state index in [2.05, 4.69) is 11.7 Å². The molecule has 1 rings (SSSR count). The molecule has 0 aromatic carbocycles. The van der Waals surface area contributed by atoms with E-state index in [-0.39, 0.29) is 11.3 Å². The summed E-state index contributed by atoms with van der Waals surface area (Å²) >= 11 is 0. The molecule has 1 N–H and O–H groups in total. The molecule has 0 aromatic heterocycles. The van der Waals surface area contributed by atoms with E-state index in [4.69, 9.17) is 5.21 Å². The van der Waals surface area contributed by atoms with Crippen molar-refractivity contribution in [2.45, 2.75) is 0 Å². The highest BCUT2D eigenvalue weighted by atomic mass is 16.6. The molecule has 1 aliphatic rings. The fourth-order valence-electron chi connectivity index (χ4n) is 1.01. The van der Waals surface area contributed by atoms with Crippen molar-refractivity contribution in [3.63, 3.8) is 0 Å². The molecule has 0 aromatic rings. The zero-order chi connectivity index (χ0) is 11.6. The van der Waals surface area contributed by atoms with Crippen LogP contribution in [0.4, 0.5) is 0 Å². The minimum Gasteiger partial charge on any atom is -0.410 e. The van der Waals surface area contributed by atoms with E-state index in [1.807, 2.05) is 0 Å². The lowest BCUT2D eigenvalue weighted by atomic mass is 10.0. The lowest BCUT2D eigenvalue weighted by Gasteiger charge is -2.05. The van der Waals surface area contributed by atoms with Gasteiger partial charge in [0, 0.05) is 12.2 Å². The van der Waals surface area contributed by atoms with Gasteiger partial charge in [-0.3, -0.25) is 20.2 Å². The van der Waals surface area contributed by atoms with Gasteiger partial charge in [0.15, 0.2) is 0 Å². The van der Waals surface area contributed by atoms with Crippen molar-refractivity contribution in [1.29, 1.82) is 0 Å². The average molecular weight is 211 g/mol. The Bertz CT molecular complexity index is 410. The summed E-state index contributed by atoms with van der Waals surface area (Å²) in [6, 6.07) is 0. The quantitative estimate of drug-likeness (QED) is 0.409. The van der Waals surface area contributed by atoms with Crippen LogP contribution in [0.3, 0.4) is 0 Å². The van der Waals surface area contributed by atoms with Crippen molar-refractivity contribution >= 4 is 5.71 Å². The summed E-state index contributed by atoms with van der Waals surface area (Å²) in [6.45, 7) is 3.23. The first-order chi connectivity index (χ1) is 6.97. The highest BCUT2D eigenvalue weighted by Crippen LogP contribution is 2.23. The monoisotopic (exact) mass is 211 g/mol. The van der Waals surface area contributed by atoms with E-state index in [0.717, 1.165) is 12.2 Å². The van der Waals surface area contributed by atoms with Crippen LogP contribution in [-0.4, -0.2) is 20.8 Å². The molecule has 0 fully saturated rings. The fourth-order valence-corrected chi connectivity index (χ4v) is 1.01. The smallest absolute Gasteiger partial charge is 0.285 e. The largest absolute Gasteiger partial charge is 0.410 e. The lowest BCUT2D eigenvalue weighted by Crippen LogP contribution is -2.15. The van der Waals surface area contributed by atoms with Crippen molar-refractivity contribution < 1.29 is 15.1 Å². The van der Waals surface area contributed by atoms with Gasteiger partial charge >= 0.3 is 0 Å². The normalized spacial score (nSPS) is 15.5. The van der Waals surface area contributed by atoms with E-state index in [1.54, 1.807) is 0 Å². The third-order valence-electron chi connectivity index (χ3n) is 1.70. The van der Waals surface area contributed by atoms with E-state index < -0.39 is 21.2 Å². The van der Waals surface area contributed by atoms with Gasteiger partial charge in [0.2, 0.25) is 0 Å². The zero-order valence-corrected chi connectivity index (χ0v) is 7.28. The van der Waals surface area contributed by atoms with Crippen LogP contribution in [0.25, 0.3) is 0 Å². The second kappa shape index (κ2) is 3.70. The molecular weight excluding hydrogens is 206 g/mol. The Kier molecular flexibility index (Phi) is 2.61. The molecule has 0 saturated carbocycles. The molecule has 8 nitrogen and oxygen atoms in total. The molecule has 15 heavy (non-hydrogen) atoms. The molecule has 0 aliphatic heterocycles. The number of rotatable bonds is 2. The summed E-state index contributed by atoms with van der Waals surface area (Å²) in [5, 5.41) is 32.0.